The number of carbonyl (C=O) groups excluding carboxylic acids is 2. The fourth-order valence-corrected chi connectivity index (χ4v) is 5.32. The zero-order valence-corrected chi connectivity index (χ0v) is 26.3. The molecule has 0 aromatic rings. The normalized spacial score (nSPS) is 17.0. The van der Waals surface area contributed by atoms with E-state index in [1.807, 2.05) is 35.2 Å². The number of carbonyl (C=O) groups is 2. The fraction of sp³-hybridized carbons (Fsp3) is 0.913. The molecule has 10 nitrogen and oxygen atoms in total. The maximum atomic E-state index is 13.0. The second-order valence-corrected chi connectivity index (χ2v) is 13.2. The van der Waals surface area contributed by atoms with Crippen molar-refractivity contribution in [2.45, 2.75) is 64.2 Å². The first-order valence-corrected chi connectivity index (χ1v) is 13.6. The van der Waals surface area contributed by atoms with Crippen molar-refractivity contribution in [1.29, 1.82) is 0 Å². The number of hydrogen-bond acceptors (Lipinski definition) is 6. The van der Waals surface area contributed by atoms with Crippen molar-refractivity contribution in [1.82, 2.24) is 5.32 Å². The molecule has 0 saturated heterocycles. The minimum atomic E-state index is -4.71. The van der Waals surface area contributed by atoms with Gasteiger partial charge < -0.3 is 29.7 Å². The molecule has 0 rings (SSSR count). The molecule has 0 aliphatic rings. The first-order valence-electron chi connectivity index (χ1n) is 12.1. The van der Waals surface area contributed by atoms with Crippen LogP contribution in [0.4, 0.5) is 0 Å². The van der Waals surface area contributed by atoms with E-state index in [2.05, 4.69) is 5.32 Å². The van der Waals surface area contributed by atoms with Crippen LogP contribution in [-0.4, -0.2) is 112 Å². The Kier molecular flexibility index (Phi) is 16.0. The van der Waals surface area contributed by atoms with E-state index in [-0.39, 0.29) is 48.3 Å². The van der Waals surface area contributed by atoms with E-state index in [0.717, 1.165) is 6.54 Å². The SMILES string of the molecule is CCC(CC(CC(C)(CC)C(=O)NCCC[N+](C)(C)CC(O)C[N+](C)(C)C)S(=O)(=O)[O-])C(N)=O.[Na+]. The molecule has 4 unspecified atom stereocenters. The number of nitrogens with one attached hydrogen (secondary N) is 1. The molecular weight excluding hydrogens is 483 g/mol. The van der Waals surface area contributed by atoms with Gasteiger partial charge in [0.05, 0.1) is 57.2 Å². The molecule has 0 aromatic heterocycles. The third-order valence-corrected chi connectivity index (χ3v) is 7.72. The van der Waals surface area contributed by atoms with Crippen LogP contribution >= 0.6 is 0 Å². The minimum absolute atomic E-state index is 0. The van der Waals surface area contributed by atoms with Gasteiger partial charge >= 0.3 is 29.6 Å². The van der Waals surface area contributed by atoms with Crippen molar-refractivity contribution in [3.63, 3.8) is 0 Å². The molecule has 4 atom stereocenters. The summed E-state index contributed by atoms with van der Waals surface area (Å²) in [5.74, 6) is -1.69. The van der Waals surface area contributed by atoms with Crippen LogP contribution in [0.25, 0.3) is 0 Å². The first-order chi connectivity index (χ1) is 15.3. The Bertz CT molecular complexity index is 772. The Hall–Kier alpha value is -0.270. The quantitative estimate of drug-likeness (QED) is 0.0801. The summed E-state index contributed by atoms with van der Waals surface area (Å²) in [4.78, 5) is 24.5. The van der Waals surface area contributed by atoms with Crippen LogP contribution in [-0.2, 0) is 19.7 Å². The predicted molar refractivity (Wildman–Crippen MR) is 132 cm³/mol. The Morgan fingerprint density at radius 1 is 1.11 bits per heavy atom. The van der Waals surface area contributed by atoms with Crippen LogP contribution in [0.5, 0.6) is 0 Å². The van der Waals surface area contributed by atoms with E-state index >= 15 is 0 Å². The Morgan fingerprint density at radius 2 is 1.66 bits per heavy atom. The van der Waals surface area contributed by atoms with E-state index in [0.29, 0.717) is 47.9 Å². The molecule has 0 fully saturated rings. The zero-order chi connectivity index (χ0) is 27.0. The van der Waals surface area contributed by atoms with Crippen molar-refractivity contribution < 1.29 is 66.2 Å². The molecule has 0 saturated carbocycles. The Balaban J connectivity index is 0. The molecule has 202 valence electrons. The van der Waals surface area contributed by atoms with Crippen molar-refractivity contribution in [2.75, 3.05) is 61.4 Å². The Morgan fingerprint density at radius 3 is 2.06 bits per heavy atom. The topological polar surface area (TPSA) is 150 Å². The van der Waals surface area contributed by atoms with Gasteiger partial charge in [0.2, 0.25) is 11.8 Å². The number of rotatable bonds is 17. The van der Waals surface area contributed by atoms with Crippen molar-refractivity contribution in [2.24, 2.45) is 17.1 Å². The molecule has 2 amide bonds. The second kappa shape index (κ2) is 15.2. The van der Waals surface area contributed by atoms with Gasteiger partial charge in [0.15, 0.2) is 6.10 Å². The van der Waals surface area contributed by atoms with Gasteiger partial charge in [-0.2, -0.15) is 0 Å². The van der Waals surface area contributed by atoms with Gasteiger partial charge in [-0.3, -0.25) is 9.59 Å². The van der Waals surface area contributed by atoms with E-state index in [4.69, 9.17) is 5.73 Å². The van der Waals surface area contributed by atoms with E-state index < -0.39 is 38.7 Å². The summed E-state index contributed by atoms with van der Waals surface area (Å²) in [7, 11) is 5.44. The second-order valence-electron chi connectivity index (χ2n) is 11.6. The summed E-state index contributed by atoms with van der Waals surface area (Å²) in [5, 5.41) is 11.9. The van der Waals surface area contributed by atoms with Crippen molar-refractivity contribution in [3.8, 4) is 0 Å². The van der Waals surface area contributed by atoms with E-state index in [1.54, 1.807) is 20.8 Å². The number of aliphatic hydroxyl groups excluding tert-OH is 1. The predicted octanol–water partition coefficient (Wildman–Crippen LogP) is -2.74. The average Bonchev–Trinajstić information content (AvgIpc) is 2.64. The minimum Gasteiger partial charge on any atom is -0.748 e. The first kappa shape index (κ1) is 36.9. The number of quaternary nitrogens is 2. The summed E-state index contributed by atoms with van der Waals surface area (Å²) in [6.45, 7) is 7.50. The maximum absolute atomic E-state index is 13.0. The van der Waals surface area contributed by atoms with Crippen LogP contribution < -0.4 is 40.6 Å². The summed E-state index contributed by atoms with van der Waals surface area (Å²) in [6, 6.07) is 0. The van der Waals surface area contributed by atoms with Gasteiger partial charge in [0.1, 0.15) is 13.1 Å². The molecule has 0 bridgehead atoms. The standard InChI is InChI=1S/C23H48N4O6S.Na/c1-9-18(21(24)29)14-20(34(31,32)33)15-23(3,10-2)22(30)25-12-11-13-27(7,8)17-19(28)16-26(4,5)6;/h18-20,28H,9-17H2,1-8H3,(H2-2,24,25,29,30,31,32,33);/q;+1/p+1. The molecule has 0 spiro atoms. The molecule has 0 aromatic carbocycles. The van der Waals surface area contributed by atoms with Gasteiger partial charge in [-0.1, -0.05) is 20.8 Å². The van der Waals surface area contributed by atoms with Gasteiger partial charge in [0, 0.05) is 24.3 Å². The molecule has 4 N–H and O–H groups in total. The van der Waals surface area contributed by atoms with Crippen LogP contribution in [0.2, 0.25) is 0 Å². The molecular formula is C23H49N4NaO6S+2. The summed E-state index contributed by atoms with van der Waals surface area (Å²) >= 11 is 0. The van der Waals surface area contributed by atoms with Crippen molar-refractivity contribution in [3.05, 3.63) is 0 Å². The van der Waals surface area contributed by atoms with E-state index in [1.165, 1.54) is 0 Å². The average molecular weight is 533 g/mol. The zero-order valence-electron chi connectivity index (χ0n) is 23.5. The third kappa shape index (κ3) is 14.9. The van der Waals surface area contributed by atoms with Gasteiger partial charge in [-0.05, 0) is 25.7 Å². The summed E-state index contributed by atoms with van der Waals surface area (Å²) < 4.78 is 37.0. The van der Waals surface area contributed by atoms with Gasteiger partial charge in [-0.15, -0.1) is 0 Å². The number of primary amides is 1. The molecule has 0 radical (unpaired) electrons. The number of likely N-dealkylation sites (N-methyl/N-ethyl adjacent to an activating group) is 2. The number of nitrogens with two attached hydrogens (primary N) is 1. The molecule has 0 aliphatic carbocycles. The van der Waals surface area contributed by atoms with Crippen LogP contribution in [0.15, 0.2) is 0 Å². The summed E-state index contributed by atoms with van der Waals surface area (Å²) in [6.07, 6.45) is 0.570. The third-order valence-electron chi connectivity index (χ3n) is 6.55. The number of hydrogen-bond donors (Lipinski definition) is 3. The van der Waals surface area contributed by atoms with Gasteiger partial charge in [0.25, 0.3) is 0 Å². The fourth-order valence-electron chi connectivity index (χ4n) is 4.28. The smallest absolute Gasteiger partial charge is 0.748 e. The van der Waals surface area contributed by atoms with Gasteiger partial charge in [-0.25, -0.2) is 8.42 Å². The van der Waals surface area contributed by atoms with E-state index in [9.17, 15) is 27.7 Å². The maximum Gasteiger partial charge on any atom is 1.00 e. The van der Waals surface area contributed by atoms with Crippen molar-refractivity contribution >= 4 is 21.9 Å². The number of amides is 2. The molecule has 12 heteroatoms. The van der Waals surface area contributed by atoms with Crippen LogP contribution in [0, 0.1) is 11.3 Å². The number of nitrogens with zero attached hydrogens (tertiary/aromatic N) is 2. The molecule has 35 heavy (non-hydrogen) atoms. The largest absolute Gasteiger partial charge is 1.00 e. The summed E-state index contributed by atoms with van der Waals surface area (Å²) in [5.41, 5.74) is 4.27. The van der Waals surface area contributed by atoms with Crippen LogP contribution in [0.1, 0.15) is 52.9 Å². The molecule has 0 aliphatic heterocycles. The molecule has 0 heterocycles. The monoisotopic (exact) mass is 532 g/mol. The van der Waals surface area contributed by atoms with Crippen LogP contribution in [0.3, 0.4) is 0 Å². The Labute approximate surface area is 235 Å². The number of aliphatic hydroxyl groups is 1.